The summed E-state index contributed by atoms with van der Waals surface area (Å²) in [5, 5.41) is 42.6. The highest BCUT2D eigenvalue weighted by Crippen LogP contribution is 2.70. The standard InChI is InChI=1S/C29H42O8/c1-14(25(36)37)9-15(30)10-17(31)16-11-22(35)29(6)24-18(32)12-20-26(2,3)21(34)7-8-27(20,4)23(24)19(33)13-28(16,29)5/h14,16-18,20-21,31-32,34H,7-13H2,1-6H3,(H,36,37)/t14-,16+,17+,18-,20-,21-,27-,28+,29-/m0/s1. The number of rotatable bonds is 6. The average molecular weight is 519 g/mol. The van der Waals surface area contributed by atoms with Crippen molar-refractivity contribution in [3.8, 4) is 0 Å². The van der Waals surface area contributed by atoms with E-state index in [1.54, 1.807) is 6.92 Å². The molecule has 0 spiro atoms. The summed E-state index contributed by atoms with van der Waals surface area (Å²) in [6.45, 7) is 11.0. The zero-order valence-corrected chi connectivity index (χ0v) is 22.8. The van der Waals surface area contributed by atoms with Crippen LogP contribution in [0.25, 0.3) is 0 Å². The van der Waals surface area contributed by atoms with E-state index in [-0.39, 0.29) is 43.2 Å². The summed E-state index contributed by atoms with van der Waals surface area (Å²) in [5.41, 5.74) is -2.26. The number of aliphatic hydroxyl groups is 3. The second kappa shape index (κ2) is 8.82. The fourth-order valence-electron chi connectivity index (χ4n) is 8.72. The van der Waals surface area contributed by atoms with Gasteiger partial charge >= 0.3 is 5.97 Å². The minimum atomic E-state index is -1.20. The SMILES string of the molecule is C[C@@H](CC(=O)C[C@@H](O)[C@H]1CC(=O)[C@@]2(C)C3=C(C(=O)C[C@]12C)[C@@]1(C)CC[C@H](O)C(C)(C)[C@@H]1C[C@@H]3O)C(=O)O. The quantitative estimate of drug-likeness (QED) is 0.419. The highest BCUT2D eigenvalue weighted by Gasteiger charge is 2.70. The van der Waals surface area contributed by atoms with Gasteiger partial charge in [0, 0.05) is 31.3 Å². The predicted molar refractivity (Wildman–Crippen MR) is 134 cm³/mol. The molecule has 4 aliphatic carbocycles. The Morgan fingerprint density at radius 1 is 1.05 bits per heavy atom. The van der Waals surface area contributed by atoms with E-state index in [0.717, 1.165) is 0 Å². The summed E-state index contributed by atoms with van der Waals surface area (Å²) in [5.74, 6) is -3.46. The zero-order chi connectivity index (χ0) is 27.9. The first kappa shape index (κ1) is 28.1. The Kier molecular flexibility index (Phi) is 6.70. The topological polar surface area (TPSA) is 149 Å². The van der Waals surface area contributed by atoms with Gasteiger partial charge in [-0.2, -0.15) is 0 Å². The molecule has 8 heteroatoms. The molecule has 37 heavy (non-hydrogen) atoms. The van der Waals surface area contributed by atoms with E-state index in [1.165, 1.54) is 6.92 Å². The molecule has 4 N–H and O–H groups in total. The first-order chi connectivity index (χ1) is 16.9. The van der Waals surface area contributed by atoms with Gasteiger partial charge in [-0.05, 0) is 59.8 Å². The predicted octanol–water partition coefficient (Wildman–Crippen LogP) is 2.86. The number of hydrogen-bond donors (Lipinski definition) is 4. The summed E-state index contributed by atoms with van der Waals surface area (Å²) in [6, 6.07) is 0. The Balaban J connectivity index is 1.74. The number of allylic oxidation sites excluding steroid dienone is 1. The number of hydrogen-bond acceptors (Lipinski definition) is 7. The Labute approximate surface area is 218 Å². The number of Topliss-reactive ketones (excluding diaryl/α,β-unsaturated/α-hetero) is 3. The van der Waals surface area contributed by atoms with E-state index in [9.17, 15) is 34.5 Å². The molecule has 0 aromatic carbocycles. The van der Waals surface area contributed by atoms with Crippen molar-refractivity contribution in [1.29, 1.82) is 0 Å². The van der Waals surface area contributed by atoms with Crippen LogP contribution in [-0.2, 0) is 19.2 Å². The summed E-state index contributed by atoms with van der Waals surface area (Å²) < 4.78 is 0. The van der Waals surface area contributed by atoms with Crippen molar-refractivity contribution in [3.63, 3.8) is 0 Å². The van der Waals surface area contributed by atoms with Crippen LogP contribution in [-0.4, -0.2) is 62.1 Å². The van der Waals surface area contributed by atoms with Crippen LogP contribution in [0.1, 0.15) is 86.5 Å². The van der Waals surface area contributed by atoms with Gasteiger partial charge in [-0.3, -0.25) is 19.2 Å². The molecule has 0 heterocycles. The van der Waals surface area contributed by atoms with Gasteiger partial charge in [0.1, 0.15) is 11.6 Å². The molecule has 0 radical (unpaired) electrons. The van der Waals surface area contributed by atoms with E-state index in [4.69, 9.17) is 5.11 Å². The van der Waals surface area contributed by atoms with Crippen molar-refractivity contribution in [2.24, 2.45) is 39.4 Å². The molecule has 4 rings (SSSR count). The van der Waals surface area contributed by atoms with E-state index in [0.29, 0.717) is 30.4 Å². The van der Waals surface area contributed by atoms with E-state index < -0.39 is 63.6 Å². The van der Waals surface area contributed by atoms with E-state index in [1.807, 2.05) is 27.7 Å². The fourth-order valence-corrected chi connectivity index (χ4v) is 8.72. The highest BCUT2D eigenvalue weighted by molar-refractivity contribution is 6.05. The number of fused-ring (bicyclic) bond motifs is 4. The maximum absolute atomic E-state index is 14.0. The van der Waals surface area contributed by atoms with Crippen molar-refractivity contribution in [2.45, 2.75) is 105 Å². The third-order valence-electron chi connectivity index (χ3n) is 11.2. The van der Waals surface area contributed by atoms with Crippen LogP contribution in [0.15, 0.2) is 11.1 Å². The smallest absolute Gasteiger partial charge is 0.306 e. The molecular weight excluding hydrogens is 476 g/mol. The molecule has 9 atom stereocenters. The highest BCUT2D eigenvalue weighted by atomic mass is 16.4. The van der Waals surface area contributed by atoms with Gasteiger partial charge in [-0.1, -0.05) is 34.6 Å². The molecule has 0 aromatic rings. The number of carboxylic acid groups (broad SMARTS) is 1. The van der Waals surface area contributed by atoms with Crippen molar-refractivity contribution >= 4 is 23.3 Å². The Morgan fingerprint density at radius 3 is 2.27 bits per heavy atom. The maximum Gasteiger partial charge on any atom is 0.306 e. The molecule has 0 bridgehead atoms. The number of carbonyl (C=O) groups is 4. The molecular formula is C29H42O8. The minimum absolute atomic E-state index is 0.0168. The first-order valence-corrected chi connectivity index (χ1v) is 13.5. The molecule has 0 aliphatic heterocycles. The molecule has 206 valence electrons. The Bertz CT molecular complexity index is 1070. The molecule has 0 saturated heterocycles. The lowest BCUT2D eigenvalue weighted by atomic mass is 9.42. The Hall–Kier alpha value is -1.90. The van der Waals surface area contributed by atoms with Gasteiger partial charge in [-0.25, -0.2) is 0 Å². The second-order valence-corrected chi connectivity index (χ2v) is 13.5. The van der Waals surface area contributed by atoms with Crippen molar-refractivity contribution < 1.29 is 39.6 Å². The molecule has 2 fully saturated rings. The van der Waals surface area contributed by atoms with Gasteiger partial charge in [-0.15, -0.1) is 0 Å². The minimum Gasteiger partial charge on any atom is -0.481 e. The number of ketones is 3. The summed E-state index contributed by atoms with van der Waals surface area (Å²) in [4.78, 5) is 51.4. The summed E-state index contributed by atoms with van der Waals surface area (Å²) in [6.07, 6.45) is -1.81. The molecule has 2 saturated carbocycles. The fraction of sp³-hybridized carbons (Fsp3) is 0.793. The number of aliphatic hydroxyl groups excluding tert-OH is 3. The molecule has 0 aromatic heterocycles. The average Bonchev–Trinajstić information content (AvgIpc) is 2.99. The van der Waals surface area contributed by atoms with Crippen molar-refractivity contribution in [1.82, 2.24) is 0 Å². The molecule has 0 unspecified atom stereocenters. The normalized spacial score (nSPS) is 42.5. The second-order valence-electron chi connectivity index (χ2n) is 13.5. The third-order valence-corrected chi connectivity index (χ3v) is 11.2. The van der Waals surface area contributed by atoms with Crippen molar-refractivity contribution in [3.05, 3.63) is 11.1 Å². The molecule has 0 amide bonds. The van der Waals surface area contributed by atoms with Crippen LogP contribution in [0.4, 0.5) is 0 Å². The first-order valence-electron chi connectivity index (χ1n) is 13.5. The van der Waals surface area contributed by atoms with Crippen LogP contribution in [0.3, 0.4) is 0 Å². The van der Waals surface area contributed by atoms with Gasteiger partial charge < -0.3 is 20.4 Å². The molecule has 4 aliphatic rings. The Morgan fingerprint density at radius 2 is 1.68 bits per heavy atom. The van der Waals surface area contributed by atoms with Gasteiger partial charge in [0.05, 0.1) is 29.6 Å². The zero-order valence-electron chi connectivity index (χ0n) is 22.8. The number of carboxylic acids is 1. The van der Waals surface area contributed by atoms with Gasteiger partial charge in [0.25, 0.3) is 0 Å². The molecule has 8 nitrogen and oxygen atoms in total. The summed E-state index contributed by atoms with van der Waals surface area (Å²) in [7, 11) is 0. The van der Waals surface area contributed by atoms with Crippen LogP contribution in [0.2, 0.25) is 0 Å². The summed E-state index contributed by atoms with van der Waals surface area (Å²) >= 11 is 0. The number of aliphatic carboxylic acids is 1. The lowest BCUT2D eigenvalue weighted by molar-refractivity contribution is -0.145. The van der Waals surface area contributed by atoms with Crippen LogP contribution < -0.4 is 0 Å². The van der Waals surface area contributed by atoms with Gasteiger partial charge in [0.2, 0.25) is 0 Å². The largest absolute Gasteiger partial charge is 0.481 e. The monoisotopic (exact) mass is 518 g/mol. The van der Waals surface area contributed by atoms with Crippen LogP contribution >= 0.6 is 0 Å². The number of carbonyl (C=O) groups excluding carboxylic acids is 3. The maximum atomic E-state index is 14.0. The van der Waals surface area contributed by atoms with E-state index in [2.05, 4.69) is 0 Å². The lowest BCUT2D eigenvalue weighted by Gasteiger charge is -2.61. The van der Waals surface area contributed by atoms with E-state index >= 15 is 0 Å². The third kappa shape index (κ3) is 3.80. The lowest BCUT2D eigenvalue weighted by Crippen LogP contribution is -2.60. The van der Waals surface area contributed by atoms with Crippen LogP contribution in [0, 0.1) is 39.4 Å². The van der Waals surface area contributed by atoms with Crippen LogP contribution in [0.5, 0.6) is 0 Å². The van der Waals surface area contributed by atoms with Gasteiger partial charge in [0.15, 0.2) is 5.78 Å². The van der Waals surface area contributed by atoms with Crippen molar-refractivity contribution in [2.75, 3.05) is 0 Å².